The molecule has 1 unspecified atom stereocenters. The molecule has 0 spiro atoms. The summed E-state index contributed by atoms with van der Waals surface area (Å²) in [5.74, 6) is 0. The summed E-state index contributed by atoms with van der Waals surface area (Å²) in [5.41, 5.74) is 5.89. The lowest BCUT2D eigenvalue weighted by molar-refractivity contribution is 0.347. The first-order valence-electron chi connectivity index (χ1n) is 5.95. The Bertz CT molecular complexity index is 480. The molecule has 1 heteroatoms. The maximum Gasteiger partial charge on any atom is 0.0605 e. The van der Waals surface area contributed by atoms with Gasteiger partial charge in [0, 0.05) is 0 Å². The molecule has 0 bridgehead atoms. The van der Waals surface area contributed by atoms with Crippen molar-refractivity contribution < 1.29 is 0 Å². The molecule has 0 N–H and O–H groups in total. The summed E-state index contributed by atoms with van der Waals surface area (Å²) in [6, 6.07) is 9.27. The summed E-state index contributed by atoms with van der Waals surface area (Å²) in [6.45, 7) is 0. The van der Waals surface area contributed by atoms with Gasteiger partial charge < -0.3 is 0 Å². The summed E-state index contributed by atoms with van der Waals surface area (Å²) >= 11 is 0. The van der Waals surface area contributed by atoms with Crippen LogP contribution in [0.5, 0.6) is 0 Å². The third-order valence-electron chi connectivity index (χ3n) is 3.55. The molecule has 0 aromatic heterocycles. The van der Waals surface area contributed by atoms with Gasteiger partial charge in [0.05, 0.1) is 6.04 Å². The zero-order valence-corrected chi connectivity index (χ0v) is 9.90. The molecular weight excluding hydrogens is 194 g/mol. The van der Waals surface area contributed by atoms with Crippen molar-refractivity contribution in [3.63, 3.8) is 0 Å². The zero-order valence-electron chi connectivity index (χ0n) is 9.90. The summed E-state index contributed by atoms with van der Waals surface area (Å²) < 4.78 is 0. The molecule has 2 aliphatic rings. The highest BCUT2D eigenvalue weighted by Gasteiger charge is 2.32. The topological polar surface area (TPSA) is 3.24 Å². The highest BCUT2D eigenvalue weighted by molar-refractivity contribution is 5.88. The Morgan fingerprint density at radius 1 is 1.06 bits per heavy atom. The minimum Gasteiger partial charge on any atom is -0.299 e. The summed E-state index contributed by atoms with van der Waals surface area (Å²) in [6.07, 6.45) is 7.20. The highest BCUT2D eigenvalue weighted by atomic mass is 15.1. The van der Waals surface area contributed by atoms with E-state index in [2.05, 4.69) is 55.4 Å². The Kier molecular flexibility index (Phi) is 2.22. The number of fused-ring (bicyclic) bond motifs is 3. The van der Waals surface area contributed by atoms with Crippen LogP contribution in [0.4, 0.5) is 0 Å². The molecule has 1 atom stereocenters. The molecule has 3 rings (SSSR count). The number of likely N-dealkylation sites (N-methyl/N-ethyl adjacent to an activating group) is 1. The van der Waals surface area contributed by atoms with E-state index in [1.807, 2.05) is 0 Å². The fourth-order valence-electron chi connectivity index (χ4n) is 2.92. The number of nitrogens with zero attached hydrogens (tertiary/aromatic N) is 1. The Hall–Kier alpha value is -1.34. The Morgan fingerprint density at radius 2 is 1.81 bits per heavy atom. The number of hydrogen-bond donors (Lipinski definition) is 0. The van der Waals surface area contributed by atoms with E-state index in [0.29, 0.717) is 6.04 Å². The van der Waals surface area contributed by atoms with Crippen LogP contribution in [0.2, 0.25) is 0 Å². The van der Waals surface area contributed by atoms with Gasteiger partial charge in [-0.25, -0.2) is 0 Å². The van der Waals surface area contributed by atoms with Crippen LogP contribution in [0.25, 0.3) is 5.57 Å². The van der Waals surface area contributed by atoms with E-state index >= 15 is 0 Å². The van der Waals surface area contributed by atoms with Crippen LogP contribution < -0.4 is 0 Å². The molecule has 0 radical (unpaired) electrons. The fourth-order valence-corrected chi connectivity index (χ4v) is 2.92. The van der Waals surface area contributed by atoms with Gasteiger partial charge >= 0.3 is 0 Å². The zero-order chi connectivity index (χ0) is 11.1. The van der Waals surface area contributed by atoms with Crippen molar-refractivity contribution in [2.45, 2.75) is 18.9 Å². The van der Waals surface area contributed by atoms with Gasteiger partial charge in [0.2, 0.25) is 0 Å². The average molecular weight is 211 g/mol. The van der Waals surface area contributed by atoms with E-state index in [0.717, 1.165) is 0 Å². The molecule has 1 aromatic carbocycles. The molecule has 0 fully saturated rings. The van der Waals surface area contributed by atoms with Crippen molar-refractivity contribution in [1.82, 2.24) is 4.90 Å². The van der Waals surface area contributed by atoms with Crippen LogP contribution in [0.1, 0.15) is 30.0 Å². The van der Waals surface area contributed by atoms with Gasteiger partial charge in [-0.2, -0.15) is 0 Å². The van der Waals surface area contributed by atoms with E-state index in [1.165, 1.54) is 35.1 Å². The SMILES string of the molecule is CN(C)C1C2=CCCC=C2c2ccccc21. The first-order chi connectivity index (χ1) is 7.79. The lowest BCUT2D eigenvalue weighted by Gasteiger charge is -2.23. The van der Waals surface area contributed by atoms with Gasteiger partial charge in [-0.05, 0) is 49.2 Å². The normalized spacial score (nSPS) is 22.6. The van der Waals surface area contributed by atoms with Crippen molar-refractivity contribution in [3.8, 4) is 0 Å². The van der Waals surface area contributed by atoms with Crippen LogP contribution in [0.3, 0.4) is 0 Å². The first kappa shape index (κ1) is 9.86. The summed E-state index contributed by atoms with van der Waals surface area (Å²) in [4.78, 5) is 2.32. The van der Waals surface area contributed by atoms with Crippen LogP contribution in [-0.4, -0.2) is 19.0 Å². The second kappa shape index (κ2) is 3.60. The van der Waals surface area contributed by atoms with Gasteiger partial charge in [-0.15, -0.1) is 0 Å². The first-order valence-corrected chi connectivity index (χ1v) is 5.95. The van der Waals surface area contributed by atoms with E-state index in [4.69, 9.17) is 0 Å². The summed E-state index contributed by atoms with van der Waals surface area (Å²) in [7, 11) is 4.33. The Balaban J connectivity index is 2.22. The van der Waals surface area contributed by atoms with Crippen molar-refractivity contribution in [2.75, 3.05) is 14.1 Å². The average Bonchev–Trinajstić information content (AvgIpc) is 2.63. The molecule has 0 heterocycles. The molecule has 1 aromatic rings. The maximum absolute atomic E-state index is 2.42. The molecule has 0 aliphatic heterocycles. The fraction of sp³-hybridized carbons (Fsp3) is 0.333. The predicted molar refractivity (Wildman–Crippen MR) is 68.2 cm³/mol. The van der Waals surface area contributed by atoms with Gasteiger partial charge in [0.15, 0.2) is 0 Å². The lowest BCUT2D eigenvalue weighted by Crippen LogP contribution is -2.19. The van der Waals surface area contributed by atoms with Gasteiger partial charge in [0.1, 0.15) is 0 Å². The van der Waals surface area contributed by atoms with Crippen LogP contribution in [0.15, 0.2) is 42.0 Å². The van der Waals surface area contributed by atoms with Crippen molar-refractivity contribution in [3.05, 3.63) is 53.1 Å². The van der Waals surface area contributed by atoms with Gasteiger partial charge in [-0.3, -0.25) is 4.90 Å². The highest BCUT2D eigenvalue weighted by Crippen LogP contribution is 2.48. The largest absolute Gasteiger partial charge is 0.299 e. The van der Waals surface area contributed by atoms with Crippen molar-refractivity contribution in [2.24, 2.45) is 0 Å². The smallest absolute Gasteiger partial charge is 0.0605 e. The molecular formula is C15H17N. The van der Waals surface area contributed by atoms with E-state index in [-0.39, 0.29) is 0 Å². The maximum atomic E-state index is 2.42. The molecule has 1 nitrogen and oxygen atoms in total. The third-order valence-corrected chi connectivity index (χ3v) is 3.55. The van der Waals surface area contributed by atoms with Crippen molar-refractivity contribution in [1.29, 1.82) is 0 Å². The van der Waals surface area contributed by atoms with Crippen molar-refractivity contribution >= 4 is 5.57 Å². The lowest BCUT2D eigenvalue weighted by atomic mass is 9.96. The number of benzene rings is 1. The van der Waals surface area contributed by atoms with E-state index in [1.54, 1.807) is 0 Å². The predicted octanol–water partition coefficient (Wildman–Crippen LogP) is 3.41. The van der Waals surface area contributed by atoms with E-state index < -0.39 is 0 Å². The molecule has 0 saturated heterocycles. The quantitative estimate of drug-likeness (QED) is 0.688. The molecule has 0 saturated carbocycles. The van der Waals surface area contributed by atoms with Gasteiger partial charge in [-0.1, -0.05) is 36.4 Å². The Morgan fingerprint density at radius 3 is 2.62 bits per heavy atom. The molecule has 82 valence electrons. The molecule has 16 heavy (non-hydrogen) atoms. The Labute approximate surface area is 97.1 Å². The van der Waals surface area contributed by atoms with Gasteiger partial charge in [0.25, 0.3) is 0 Å². The van der Waals surface area contributed by atoms with Crippen LogP contribution in [-0.2, 0) is 0 Å². The number of allylic oxidation sites excluding steroid dienone is 2. The third kappa shape index (κ3) is 1.28. The van der Waals surface area contributed by atoms with Crippen LogP contribution in [0, 0.1) is 0 Å². The standard InChI is InChI=1S/C15H17N/c1-16(2)15-13-9-5-3-7-11(13)12-8-4-6-10-14(12)15/h3,5,7-10,15H,4,6H2,1-2H3. The van der Waals surface area contributed by atoms with E-state index in [9.17, 15) is 0 Å². The second-order valence-corrected chi connectivity index (χ2v) is 4.81. The molecule has 2 aliphatic carbocycles. The minimum atomic E-state index is 0.461. The summed E-state index contributed by atoms with van der Waals surface area (Å²) in [5, 5.41) is 0. The monoisotopic (exact) mass is 211 g/mol. The molecule has 0 amide bonds. The second-order valence-electron chi connectivity index (χ2n) is 4.81. The van der Waals surface area contributed by atoms with Crippen LogP contribution >= 0.6 is 0 Å². The minimum absolute atomic E-state index is 0.461. The number of hydrogen-bond acceptors (Lipinski definition) is 1. The number of rotatable bonds is 1.